The first kappa shape index (κ1) is 24.5. The minimum Gasteiger partial charge on any atom is -0.493 e. The Kier molecular flexibility index (Phi) is 7.49. The Morgan fingerprint density at radius 1 is 0.844 bits per heavy atom. The average molecular weight is 483 g/mol. The van der Waals surface area contributed by atoms with Gasteiger partial charge in [0.1, 0.15) is 0 Å². The molecule has 0 amide bonds. The third-order valence-corrected chi connectivity index (χ3v) is 9.52. The van der Waals surface area contributed by atoms with Crippen LogP contribution in [0.3, 0.4) is 0 Å². The van der Waals surface area contributed by atoms with Crippen LogP contribution in [-0.4, -0.2) is 58.8 Å². The zero-order chi connectivity index (χ0) is 23.5. The van der Waals surface area contributed by atoms with Crippen LogP contribution in [-0.2, 0) is 26.6 Å². The SMILES string of the molecule is CCN(CC)S(=O)(=O)c1ccc(S(=O)(=O)N(Cc2cccc(OC)c2OC)C2CC2)cc1. The highest BCUT2D eigenvalue weighted by molar-refractivity contribution is 7.89. The molecule has 0 spiro atoms. The van der Waals surface area contributed by atoms with Gasteiger partial charge in [-0.05, 0) is 43.2 Å². The summed E-state index contributed by atoms with van der Waals surface area (Å²) in [7, 11) is -4.45. The van der Waals surface area contributed by atoms with Crippen molar-refractivity contribution in [2.75, 3.05) is 27.3 Å². The van der Waals surface area contributed by atoms with Crippen LogP contribution in [0.4, 0.5) is 0 Å². The number of methoxy groups -OCH3 is 2. The molecule has 0 aromatic heterocycles. The summed E-state index contributed by atoms with van der Waals surface area (Å²) in [5, 5.41) is 0. The predicted molar refractivity (Wildman–Crippen MR) is 122 cm³/mol. The van der Waals surface area contributed by atoms with Crippen LogP contribution in [0.5, 0.6) is 11.5 Å². The number of para-hydroxylation sites is 1. The fraction of sp³-hybridized carbons (Fsp3) is 0.455. The maximum atomic E-state index is 13.5. The molecule has 0 radical (unpaired) electrons. The Morgan fingerprint density at radius 2 is 1.41 bits per heavy atom. The molecule has 0 aliphatic heterocycles. The molecule has 176 valence electrons. The Hall–Kier alpha value is -2.14. The average Bonchev–Trinajstić information content (AvgIpc) is 3.62. The van der Waals surface area contributed by atoms with Gasteiger partial charge in [0.2, 0.25) is 20.0 Å². The second kappa shape index (κ2) is 9.78. The topological polar surface area (TPSA) is 93.2 Å². The number of hydrogen-bond acceptors (Lipinski definition) is 6. The Labute approximate surface area is 190 Å². The summed E-state index contributed by atoms with van der Waals surface area (Å²) in [6.07, 6.45) is 1.56. The molecule has 1 fully saturated rings. The maximum Gasteiger partial charge on any atom is 0.243 e. The number of benzene rings is 2. The summed E-state index contributed by atoms with van der Waals surface area (Å²) in [5.74, 6) is 1.03. The van der Waals surface area contributed by atoms with E-state index in [0.29, 0.717) is 30.2 Å². The summed E-state index contributed by atoms with van der Waals surface area (Å²) in [5.41, 5.74) is 0.697. The van der Waals surface area contributed by atoms with Crippen LogP contribution in [0.15, 0.2) is 52.3 Å². The monoisotopic (exact) mass is 482 g/mol. The Bertz CT molecular complexity index is 1140. The number of sulfonamides is 2. The number of nitrogens with zero attached hydrogens (tertiary/aromatic N) is 2. The lowest BCUT2D eigenvalue weighted by atomic mass is 10.2. The third kappa shape index (κ3) is 4.78. The first-order valence-corrected chi connectivity index (χ1v) is 13.4. The van der Waals surface area contributed by atoms with E-state index in [-0.39, 0.29) is 22.4 Å². The minimum absolute atomic E-state index is 0.0600. The van der Waals surface area contributed by atoms with Crippen molar-refractivity contribution in [3.8, 4) is 11.5 Å². The quantitative estimate of drug-likeness (QED) is 0.489. The lowest BCUT2D eigenvalue weighted by Crippen LogP contribution is -2.33. The molecule has 0 unspecified atom stereocenters. The number of ether oxygens (including phenoxy) is 2. The number of hydrogen-bond donors (Lipinski definition) is 0. The summed E-state index contributed by atoms with van der Waals surface area (Å²) in [6.45, 7) is 4.35. The van der Waals surface area contributed by atoms with Crippen molar-refractivity contribution in [2.45, 2.75) is 49.1 Å². The van der Waals surface area contributed by atoms with Gasteiger partial charge in [-0.3, -0.25) is 0 Å². The van der Waals surface area contributed by atoms with Crippen LogP contribution in [0.1, 0.15) is 32.3 Å². The zero-order valence-corrected chi connectivity index (χ0v) is 20.4. The first-order chi connectivity index (χ1) is 15.2. The molecule has 8 nitrogen and oxygen atoms in total. The molecule has 1 saturated carbocycles. The highest BCUT2D eigenvalue weighted by Crippen LogP contribution is 2.37. The lowest BCUT2D eigenvalue weighted by Gasteiger charge is -2.24. The molecule has 0 heterocycles. The summed E-state index contributed by atoms with van der Waals surface area (Å²) in [6, 6.07) is 10.7. The second-order valence-electron chi connectivity index (χ2n) is 7.49. The van der Waals surface area contributed by atoms with Crippen LogP contribution >= 0.6 is 0 Å². The highest BCUT2D eigenvalue weighted by atomic mass is 32.2. The normalized spacial score (nSPS) is 14.7. The standard InChI is InChI=1S/C22H30N2O6S2/c1-5-23(6-2)31(25,26)19-12-14-20(15-13-19)32(27,28)24(18-10-11-18)16-17-8-7-9-21(29-3)22(17)30-4/h7-9,12-15,18H,5-6,10-11,16H2,1-4H3. The molecule has 1 aliphatic rings. The van der Waals surface area contributed by atoms with E-state index in [2.05, 4.69) is 0 Å². The van der Waals surface area contributed by atoms with E-state index in [1.165, 1.54) is 47.1 Å². The third-order valence-electron chi connectivity index (χ3n) is 5.54. The molecule has 1 aliphatic carbocycles. The van der Waals surface area contributed by atoms with Gasteiger partial charge in [0.25, 0.3) is 0 Å². The fourth-order valence-corrected chi connectivity index (χ4v) is 6.77. The van der Waals surface area contributed by atoms with Crippen molar-refractivity contribution in [1.82, 2.24) is 8.61 Å². The van der Waals surface area contributed by atoms with Gasteiger partial charge in [-0.1, -0.05) is 26.0 Å². The van der Waals surface area contributed by atoms with Gasteiger partial charge in [0, 0.05) is 31.2 Å². The molecule has 0 atom stereocenters. The lowest BCUT2D eigenvalue weighted by molar-refractivity contribution is 0.341. The van der Waals surface area contributed by atoms with E-state index in [1.54, 1.807) is 26.0 Å². The van der Waals surface area contributed by atoms with Crippen LogP contribution in [0, 0.1) is 0 Å². The second-order valence-corrected chi connectivity index (χ2v) is 11.3. The Balaban J connectivity index is 1.94. The van der Waals surface area contributed by atoms with Gasteiger partial charge in [-0.25, -0.2) is 16.8 Å². The van der Waals surface area contributed by atoms with Crippen LogP contribution in [0.2, 0.25) is 0 Å². The molecule has 32 heavy (non-hydrogen) atoms. The van der Waals surface area contributed by atoms with Gasteiger partial charge < -0.3 is 9.47 Å². The van der Waals surface area contributed by atoms with Gasteiger partial charge >= 0.3 is 0 Å². The predicted octanol–water partition coefficient (Wildman–Crippen LogP) is 3.09. The number of rotatable bonds is 11. The van der Waals surface area contributed by atoms with E-state index in [9.17, 15) is 16.8 Å². The molecule has 3 rings (SSSR count). The molecule has 2 aromatic rings. The van der Waals surface area contributed by atoms with Gasteiger partial charge in [0.05, 0.1) is 24.0 Å². The van der Waals surface area contributed by atoms with Gasteiger partial charge in [0.15, 0.2) is 11.5 Å². The Morgan fingerprint density at radius 3 is 1.88 bits per heavy atom. The van der Waals surface area contributed by atoms with Crippen molar-refractivity contribution in [1.29, 1.82) is 0 Å². The van der Waals surface area contributed by atoms with E-state index >= 15 is 0 Å². The van der Waals surface area contributed by atoms with E-state index < -0.39 is 20.0 Å². The molecule has 0 saturated heterocycles. The zero-order valence-electron chi connectivity index (χ0n) is 18.8. The first-order valence-electron chi connectivity index (χ1n) is 10.5. The van der Waals surface area contributed by atoms with E-state index in [0.717, 1.165) is 12.8 Å². The van der Waals surface area contributed by atoms with Crippen molar-refractivity contribution in [2.24, 2.45) is 0 Å². The molecular weight excluding hydrogens is 452 g/mol. The van der Waals surface area contributed by atoms with Crippen LogP contribution in [0.25, 0.3) is 0 Å². The maximum absolute atomic E-state index is 13.5. The fourth-order valence-electron chi connectivity index (χ4n) is 3.65. The molecule has 10 heteroatoms. The smallest absolute Gasteiger partial charge is 0.243 e. The van der Waals surface area contributed by atoms with E-state index in [4.69, 9.17) is 9.47 Å². The van der Waals surface area contributed by atoms with Gasteiger partial charge in [-0.15, -0.1) is 0 Å². The molecular formula is C22H30N2O6S2. The summed E-state index contributed by atoms with van der Waals surface area (Å²) >= 11 is 0. The van der Waals surface area contributed by atoms with E-state index in [1.807, 2.05) is 6.07 Å². The van der Waals surface area contributed by atoms with Crippen molar-refractivity contribution < 1.29 is 26.3 Å². The van der Waals surface area contributed by atoms with Crippen molar-refractivity contribution in [3.63, 3.8) is 0 Å². The molecule has 2 aromatic carbocycles. The largest absolute Gasteiger partial charge is 0.493 e. The molecule has 0 bridgehead atoms. The summed E-state index contributed by atoms with van der Waals surface area (Å²) < 4.78 is 66.0. The van der Waals surface area contributed by atoms with Crippen LogP contribution < -0.4 is 9.47 Å². The highest BCUT2D eigenvalue weighted by Gasteiger charge is 2.39. The molecule has 0 N–H and O–H groups in total. The summed E-state index contributed by atoms with van der Waals surface area (Å²) in [4.78, 5) is 0.136. The van der Waals surface area contributed by atoms with Crippen molar-refractivity contribution >= 4 is 20.0 Å². The van der Waals surface area contributed by atoms with Crippen molar-refractivity contribution in [3.05, 3.63) is 48.0 Å². The minimum atomic E-state index is -3.85. The van der Waals surface area contributed by atoms with Gasteiger partial charge in [-0.2, -0.15) is 8.61 Å².